The lowest BCUT2D eigenvalue weighted by Crippen LogP contribution is -2.43. The number of carbonyl (C=O) groups excluding carboxylic acids is 1. The third-order valence-electron chi connectivity index (χ3n) is 4.17. The highest BCUT2D eigenvalue weighted by Crippen LogP contribution is 2.10. The van der Waals surface area contributed by atoms with Gasteiger partial charge in [-0.1, -0.05) is 12.8 Å². The van der Waals surface area contributed by atoms with Crippen LogP contribution in [0.15, 0.2) is 0 Å². The first-order valence-corrected chi connectivity index (χ1v) is 7.56. The predicted octanol–water partition coefficient (Wildman–Crippen LogP) is 0.356. The lowest BCUT2D eigenvalue weighted by molar-refractivity contribution is -0.123. The Hall–Kier alpha value is -0.650. The third kappa shape index (κ3) is 4.75. The van der Waals surface area contributed by atoms with Crippen molar-refractivity contribution in [1.82, 2.24) is 15.5 Å². The summed E-state index contributed by atoms with van der Waals surface area (Å²) in [6.07, 6.45) is 6.27. The standard InChI is InChI=1S/C14H27N3O2/c1-19-12-10-13(16-11-12)14(18)15-6-9-17-7-4-2-3-5-8-17/h12-13,16H,2-11H2,1H3,(H,15,18). The summed E-state index contributed by atoms with van der Waals surface area (Å²) in [5.74, 6) is 0.120. The SMILES string of the molecule is COC1CNC(C(=O)NCCN2CCCCCC2)C1. The lowest BCUT2D eigenvalue weighted by Gasteiger charge is -2.20. The van der Waals surface area contributed by atoms with Gasteiger partial charge in [0, 0.05) is 26.7 Å². The molecule has 2 fully saturated rings. The number of hydrogen-bond acceptors (Lipinski definition) is 4. The van der Waals surface area contributed by atoms with Crippen molar-refractivity contribution in [3.8, 4) is 0 Å². The molecule has 2 N–H and O–H groups in total. The van der Waals surface area contributed by atoms with Gasteiger partial charge < -0.3 is 20.3 Å². The molecule has 0 aromatic heterocycles. The van der Waals surface area contributed by atoms with E-state index < -0.39 is 0 Å². The summed E-state index contributed by atoms with van der Waals surface area (Å²) < 4.78 is 5.25. The molecule has 110 valence electrons. The van der Waals surface area contributed by atoms with Crippen molar-refractivity contribution in [3.05, 3.63) is 0 Å². The Morgan fingerprint density at radius 3 is 2.68 bits per heavy atom. The zero-order valence-electron chi connectivity index (χ0n) is 12.0. The van der Waals surface area contributed by atoms with Crippen molar-refractivity contribution in [2.24, 2.45) is 0 Å². The summed E-state index contributed by atoms with van der Waals surface area (Å²) in [4.78, 5) is 14.4. The van der Waals surface area contributed by atoms with E-state index in [4.69, 9.17) is 4.74 Å². The molecule has 0 aromatic rings. The van der Waals surface area contributed by atoms with Crippen LogP contribution in [0.1, 0.15) is 32.1 Å². The van der Waals surface area contributed by atoms with Crippen molar-refractivity contribution < 1.29 is 9.53 Å². The number of likely N-dealkylation sites (tertiary alicyclic amines) is 1. The second kappa shape index (κ2) is 7.82. The molecular formula is C14H27N3O2. The van der Waals surface area contributed by atoms with E-state index in [9.17, 15) is 4.79 Å². The van der Waals surface area contributed by atoms with Crippen LogP contribution in [0.3, 0.4) is 0 Å². The van der Waals surface area contributed by atoms with Crippen LogP contribution >= 0.6 is 0 Å². The predicted molar refractivity (Wildman–Crippen MR) is 75.1 cm³/mol. The van der Waals surface area contributed by atoms with Crippen LogP contribution in [0.5, 0.6) is 0 Å². The molecule has 5 heteroatoms. The molecule has 19 heavy (non-hydrogen) atoms. The number of nitrogens with zero attached hydrogens (tertiary/aromatic N) is 1. The fourth-order valence-corrected chi connectivity index (χ4v) is 2.90. The normalized spacial score (nSPS) is 29.1. The number of ether oxygens (including phenoxy) is 1. The maximum Gasteiger partial charge on any atom is 0.237 e. The minimum atomic E-state index is -0.0749. The first-order valence-electron chi connectivity index (χ1n) is 7.56. The Labute approximate surface area is 116 Å². The maximum atomic E-state index is 12.0. The zero-order chi connectivity index (χ0) is 13.5. The van der Waals surface area contributed by atoms with Gasteiger partial charge in [-0.25, -0.2) is 0 Å². The van der Waals surface area contributed by atoms with E-state index in [0.717, 1.165) is 26.1 Å². The Morgan fingerprint density at radius 1 is 1.32 bits per heavy atom. The molecule has 1 amide bonds. The summed E-state index contributed by atoms with van der Waals surface area (Å²) in [7, 11) is 1.70. The molecule has 0 aromatic carbocycles. The molecule has 0 radical (unpaired) electrons. The first-order chi connectivity index (χ1) is 9.29. The molecule has 2 aliphatic heterocycles. The van der Waals surface area contributed by atoms with Gasteiger partial charge >= 0.3 is 0 Å². The molecule has 2 saturated heterocycles. The molecule has 0 aliphatic carbocycles. The highest BCUT2D eigenvalue weighted by molar-refractivity contribution is 5.82. The highest BCUT2D eigenvalue weighted by Gasteiger charge is 2.28. The van der Waals surface area contributed by atoms with Crippen LogP contribution in [-0.4, -0.2) is 62.8 Å². The summed E-state index contributed by atoms with van der Waals surface area (Å²) in [5, 5.41) is 6.24. The van der Waals surface area contributed by atoms with Crippen LogP contribution in [0.25, 0.3) is 0 Å². The van der Waals surface area contributed by atoms with Gasteiger partial charge in [0.1, 0.15) is 0 Å². The highest BCUT2D eigenvalue weighted by atomic mass is 16.5. The summed E-state index contributed by atoms with van der Waals surface area (Å²) in [6, 6.07) is -0.0749. The number of nitrogens with one attached hydrogen (secondary N) is 2. The van der Waals surface area contributed by atoms with Gasteiger partial charge in [0.2, 0.25) is 5.91 Å². The van der Waals surface area contributed by atoms with Gasteiger partial charge in [0.15, 0.2) is 0 Å². The molecule has 0 saturated carbocycles. The summed E-state index contributed by atoms with van der Waals surface area (Å²) in [6.45, 7) is 4.88. The molecule has 2 aliphatic rings. The molecule has 0 bridgehead atoms. The lowest BCUT2D eigenvalue weighted by atomic mass is 10.2. The van der Waals surface area contributed by atoms with Crippen molar-refractivity contribution in [2.75, 3.05) is 39.8 Å². The first kappa shape index (κ1) is 14.8. The number of hydrogen-bond donors (Lipinski definition) is 2. The van der Waals surface area contributed by atoms with Crippen molar-refractivity contribution in [1.29, 1.82) is 0 Å². The largest absolute Gasteiger partial charge is 0.380 e. The Bertz CT molecular complexity index is 278. The minimum Gasteiger partial charge on any atom is -0.380 e. The summed E-state index contributed by atoms with van der Waals surface area (Å²) >= 11 is 0. The van der Waals surface area contributed by atoms with Crippen LogP contribution in [-0.2, 0) is 9.53 Å². The average Bonchev–Trinajstić information content (AvgIpc) is 2.76. The van der Waals surface area contributed by atoms with Crippen molar-refractivity contribution >= 4 is 5.91 Å². The van der Waals surface area contributed by atoms with Crippen molar-refractivity contribution in [2.45, 2.75) is 44.2 Å². The van der Waals surface area contributed by atoms with Crippen LogP contribution in [0.4, 0.5) is 0 Å². The average molecular weight is 269 g/mol. The summed E-state index contributed by atoms with van der Waals surface area (Å²) in [5.41, 5.74) is 0. The number of amides is 1. The van der Waals surface area contributed by atoms with Gasteiger partial charge in [-0.3, -0.25) is 4.79 Å². The van der Waals surface area contributed by atoms with E-state index in [0.29, 0.717) is 0 Å². The molecule has 2 rings (SSSR count). The van der Waals surface area contributed by atoms with Crippen molar-refractivity contribution in [3.63, 3.8) is 0 Å². The fraction of sp³-hybridized carbons (Fsp3) is 0.929. The molecule has 5 nitrogen and oxygen atoms in total. The zero-order valence-corrected chi connectivity index (χ0v) is 12.0. The fourth-order valence-electron chi connectivity index (χ4n) is 2.90. The van der Waals surface area contributed by atoms with Gasteiger partial charge in [-0.2, -0.15) is 0 Å². The van der Waals surface area contributed by atoms with E-state index in [1.807, 2.05) is 0 Å². The smallest absolute Gasteiger partial charge is 0.237 e. The van der Waals surface area contributed by atoms with E-state index in [1.165, 1.54) is 38.8 Å². The second-order valence-electron chi connectivity index (χ2n) is 5.60. The van der Waals surface area contributed by atoms with Crippen LogP contribution in [0, 0.1) is 0 Å². The van der Waals surface area contributed by atoms with E-state index in [2.05, 4.69) is 15.5 Å². The second-order valence-corrected chi connectivity index (χ2v) is 5.60. The topological polar surface area (TPSA) is 53.6 Å². The van der Waals surface area contributed by atoms with Crippen LogP contribution < -0.4 is 10.6 Å². The maximum absolute atomic E-state index is 12.0. The molecule has 2 atom stereocenters. The molecular weight excluding hydrogens is 242 g/mol. The Kier molecular flexibility index (Phi) is 6.07. The quantitative estimate of drug-likeness (QED) is 0.756. The van der Waals surface area contributed by atoms with Crippen LogP contribution in [0.2, 0.25) is 0 Å². The van der Waals surface area contributed by atoms with E-state index >= 15 is 0 Å². The molecule has 0 spiro atoms. The van der Waals surface area contributed by atoms with E-state index in [-0.39, 0.29) is 18.1 Å². The Morgan fingerprint density at radius 2 is 2.05 bits per heavy atom. The third-order valence-corrected chi connectivity index (χ3v) is 4.17. The number of carbonyl (C=O) groups is 1. The van der Waals surface area contributed by atoms with Gasteiger partial charge in [0.05, 0.1) is 12.1 Å². The number of methoxy groups -OCH3 is 1. The van der Waals surface area contributed by atoms with E-state index in [1.54, 1.807) is 7.11 Å². The minimum absolute atomic E-state index is 0.0749. The van der Waals surface area contributed by atoms with Gasteiger partial charge in [-0.05, 0) is 32.4 Å². The molecule has 2 unspecified atom stereocenters. The van der Waals surface area contributed by atoms with Gasteiger partial charge in [0.25, 0.3) is 0 Å². The molecule has 2 heterocycles. The monoisotopic (exact) mass is 269 g/mol. The van der Waals surface area contributed by atoms with Gasteiger partial charge in [-0.15, -0.1) is 0 Å². The Balaban J connectivity index is 1.61. The number of rotatable bonds is 5.